The van der Waals surface area contributed by atoms with Gasteiger partial charge in [0.05, 0.1) is 0 Å². The van der Waals surface area contributed by atoms with Gasteiger partial charge in [-0.2, -0.15) is 0 Å². The third-order valence-electron chi connectivity index (χ3n) is 2.23. The molecule has 0 aliphatic heterocycles. The molecule has 0 amide bonds. The lowest BCUT2D eigenvalue weighted by molar-refractivity contribution is 0.470. The average molecular weight is 232 g/mol. The van der Waals surface area contributed by atoms with Crippen LogP contribution in [0.4, 0.5) is 0 Å². The molecule has 2 aromatic rings. The Morgan fingerprint density at radius 2 is 0.941 bits per heavy atom. The summed E-state index contributed by atoms with van der Waals surface area (Å²) in [6.07, 6.45) is 0. The van der Waals surface area contributed by atoms with Crippen molar-refractivity contribution in [3.8, 4) is 11.5 Å². The number of rotatable bonds is 0. The maximum absolute atomic E-state index is 8.92. The van der Waals surface area contributed by atoms with E-state index in [1.54, 1.807) is 12.1 Å². The van der Waals surface area contributed by atoms with Gasteiger partial charge in [0.25, 0.3) is 0 Å². The molecule has 2 N–H and O–H groups in total. The Morgan fingerprint density at radius 3 is 1.12 bits per heavy atom. The van der Waals surface area contributed by atoms with Crippen molar-refractivity contribution in [3.05, 3.63) is 59.7 Å². The zero-order chi connectivity index (χ0) is 12.0. The van der Waals surface area contributed by atoms with E-state index in [4.69, 9.17) is 10.2 Å². The predicted molar refractivity (Wildman–Crippen MR) is 72.4 cm³/mol. The highest BCUT2D eigenvalue weighted by Gasteiger charge is 1.87. The van der Waals surface area contributed by atoms with E-state index in [1.165, 1.54) is 0 Å². The molecule has 0 unspecified atom stereocenters. The maximum Gasteiger partial charge on any atom is 0.118 e. The van der Waals surface area contributed by atoms with Crippen molar-refractivity contribution in [2.45, 2.75) is 21.3 Å². The van der Waals surface area contributed by atoms with Gasteiger partial charge in [0.15, 0.2) is 0 Å². The Morgan fingerprint density at radius 1 is 0.647 bits per heavy atom. The van der Waals surface area contributed by atoms with Crippen LogP contribution in [0.15, 0.2) is 48.5 Å². The number of phenols is 2. The van der Waals surface area contributed by atoms with Crippen molar-refractivity contribution in [1.29, 1.82) is 0 Å². The highest BCUT2D eigenvalue weighted by atomic mass is 16.3. The quantitative estimate of drug-likeness (QED) is 0.719. The molecule has 0 aliphatic rings. The van der Waals surface area contributed by atoms with Crippen LogP contribution >= 0.6 is 0 Å². The van der Waals surface area contributed by atoms with Crippen LogP contribution in [0, 0.1) is 13.8 Å². The first-order valence-corrected chi connectivity index (χ1v) is 5.10. The summed E-state index contributed by atoms with van der Waals surface area (Å²) in [7, 11) is 0. The molecule has 0 saturated heterocycles. The number of benzene rings is 2. The summed E-state index contributed by atoms with van der Waals surface area (Å²) in [5, 5.41) is 17.8. The molecular weight excluding hydrogens is 212 g/mol. The largest absolute Gasteiger partial charge is 0.508 e. The minimum absolute atomic E-state index is 0. The van der Waals surface area contributed by atoms with Crippen molar-refractivity contribution < 1.29 is 10.2 Å². The van der Waals surface area contributed by atoms with E-state index >= 15 is 0 Å². The summed E-state index contributed by atoms with van der Waals surface area (Å²) in [6.45, 7) is 3.74. The molecule has 2 rings (SSSR count). The minimum atomic E-state index is 0. The molecule has 0 saturated carbocycles. The van der Waals surface area contributed by atoms with Crippen molar-refractivity contribution in [2.24, 2.45) is 0 Å². The molecule has 17 heavy (non-hydrogen) atoms. The van der Waals surface area contributed by atoms with Gasteiger partial charge in [-0.15, -0.1) is 0 Å². The summed E-state index contributed by atoms with van der Waals surface area (Å²) in [6, 6.07) is 14.5. The van der Waals surface area contributed by atoms with Crippen LogP contribution in [0.1, 0.15) is 18.6 Å². The maximum atomic E-state index is 8.92. The smallest absolute Gasteiger partial charge is 0.118 e. The third-order valence-corrected chi connectivity index (χ3v) is 2.23. The lowest BCUT2D eigenvalue weighted by Crippen LogP contribution is -1.68. The van der Waals surface area contributed by atoms with Crippen LogP contribution in [0.3, 0.4) is 0 Å². The van der Waals surface area contributed by atoms with Crippen molar-refractivity contribution in [3.63, 3.8) is 0 Å². The predicted octanol–water partition coefficient (Wildman–Crippen LogP) is 4.04. The zero-order valence-electron chi connectivity index (χ0n) is 9.51. The Balaban J connectivity index is 0.000000284. The van der Waals surface area contributed by atoms with Crippen LogP contribution in [0.2, 0.25) is 0 Å². The minimum Gasteiger partial charge on any atom is -0.508 e. The zero-order valence-corrected chi connectivity index (χ0v) is 9.51. The molecule has 0 aliphatic carbocycles. The van der Waals surface area contributed by atoms with Gasteiger partial charge in [-0.05, 0) is 37.1 Å². The van der Waals surface area contributed by atoms with Gasteiger partial charge in [0.1, 0.15) is 11.5 Å². The second kappa shape index (κ2) is 7.34. The fourth-order valence-electron chi connectivity index (χ4n) is 1.13. The van der Waals surface area contributed by atoms with E-state index < -0.39 is 0 Å². The molecule has 0 bridgehead atoms. The van der Waals surface area contributed by atoms with Crippen LogP contribution in [0.25, 0.3) is 0 Å². The summed E-state index contributed by atoms with van der Waals surface area (Å²) in [5.74, 6) is 0.736. The summed E-state index contributed by atoms with van der Waals surface area (Å²) in [5.41, 5.74) is 1.85. The van der Waals surface area contributed by atoms with Gasteiger partial charge in [-0.3, -0.25) is 0 Å². The van der Waals surface area contributed by atoms with Gasteiger partial charge in [0, 0.05) is 0 Å². The molecule has 0 heterocycles. The SMILES string of the molecule is C.Cc1ccccc1O.Cc1ccccc1O. The second-order valence-electron chi connectivity index (χ2n) is 3.57. The molecular formula is C15H20O2. The summed E-state index contributed by atoms with van der Waals surface area (Å²) in [4.78, 5) is 0. The van der Waals surface area contributed by atoms with E-state index in [0.717, 1.165) is 11.1 Å². The van der Waals surface area contributed by atoms with Crippen LogP contribution in [0.5, 0.6) is 11.5 Å². The fourth-order valence-corrected chi connectivity index (χ4v) is 1.13. The topological polar surface area (TPSA) is 40.5 Å². The van der Waals surface area contributed by atoms with Gasteiger partial charge >= 0.3 is 0 Å². The van der Waals surface area contributed by atoms with E-state index in [0.29, 0.717) is 11.5 Å². The number of aryl methyl sites for hydroxylation is 2. The molecule has 2 heteroatoms. The van der Waals surface area contributed by atoms with Crippen LogP contribution in [-0.4, -0.2) is 10.2 Å². The molecule has 0 radical (unpaired) electrons. The molecule has 0 spiro atoms. The van der Waals surface area contributed by atoms with Crippen LogP contribution in [-0.2, 0) is 0 Å². The first kappa shape index (κ1) is 15.0. The Hall–Kier alpha value is -1.96. The monoisotopic (exact) mass is 232 g/mol. The number of para-hydroxylation sites is 2. The van der Waals surface area contributed by atoms with Gasteiger partial charge in [-0.25, -0.2) is 0 Å². The van der Waals surface area contributed by atoms with Crippen molar-refractivity contribution in [2.75, 3.05) is 0 Å². The van der Waals surface area contributed by atoms with E-state index in [2.05, 4.69) is 0 Å². The lowest BCUT2D eigenvalue weighted by Gasteiger charge is -1.92. The van der Waals surface area contributed by atoms with Gasteiger partial charge in [-0.1, -0.05) is 43.8 Å². The average Bonchev–Trinajstić information content (AvgIpc) is 2.28. The number of hydrogen-bond donors (Lipinski definition) is 2. The number of phenolic OH excluding ortho intramolecular Hbond substituents is 2. The Labute approximate surface area is 103 Å². The standard InChI is InChI=1S/2C7H8O.CH4/c2*1-6-4-2-3-5-7(6)8;/h2*2-5,8H,1H3;1H4. The molecule has 2 aromatic carbocycles. The van der Waals surface area contributed by atoms with Crippen LogP contribution < -0.4 is 0 Å². The van der Waals surface area contributed by atoms with E-state index in [9.17, 15) is 0 Å². The second-order valence-corrected chi connectivity index (χ2v) is 3.57. The van der Waals surface area contributed by atoms with E-state index in [-0.39, 0.29) is 7.43 Å². The Kier molecular flexibility index (Phi) is 6.49. The normalized spacial score (nSPS) is 8.59. The van der Waals surface area contributed by atoms with E-state index in [1.807, 2.05) is 50.2 Å². The van der Waals surface area contributed by atoms with Gasteiger partial charge < -0.3 is 10.2 Å². The number of hydrogen-bond acceptors (Lipinski definition) is 2. The molecule has 0 fully saturated rings. The number of aromatic hydroxyl groups is 2. The molecule has 0 atom stereocenters. The highest BCUT2D eigenvalue weighted by molar-refractivity contribution is 5.30. The fraction of sp³-hybridized carbons (Fsp3) is 0.200. The van der Waals surface area contributed by atoms with Crippen molar-refractivity contribution in [1.82, 2.24) is 0 Å². The van der Waals surface area contributed by atoms with Crippen molar-refractivity contribution >= 4 is 0 Å². The molecule has 92 valence electrons. The highest BCUT2D eigenvalue weighted by Crippen LogP contribution is 2.12. The third kappa shape index (κ3) is 5.07. The lowest BCUT2D eigenvalue weighted by atomic mass is 10.2. The Bertz CT molecular complexity index is 365. The first-order chi connectivity index (χ1) is 7.61. The first-order valence-electron chi connectivity index (χ1n) is 5.10. The molecule has 0 aromatic heterocycles. The van der Waals surface area contributed by atoms with Gasteiger partial charge in [0.2, 0.25) is 0 Å². The summed E-state index contributed by atoms with van der Waals surface area (Å²) >= 11 is 0. The molecule has 2 nitrogen and oxygen atoms in total. The summed E-state index contributed by atoms with van der Waals surface area (Å²) < 4.78 is 0.